The summed E-state index contributed by atoms with van der Waals surface area (Å²) < 4.78 is 19.6. The molecule has 8 heteroatoms. The SMILES string of the molecule is [CH][C@@H]1O[C@@H]2CC(C(=O)OC)([C@@H](O)C(=O)OC)O[C@@H]2C1O. The molecule has 2 unspecified atom stereocenters. The van der Waals surface area contributed by atoms with Crippen LogP contribution in [0.2, 0.25) is 0 Å². The van der Waals surface area contributed by atoms with E-state index in [1.165, 1.54) is 0 Å². The van der Waals surface area contributed by atoms with Gasteiger partial charge in [-0.05, 0) is 6.92 Å². The van der Waals surface area contributed by atoms with Crippen LogP contribution >= 0.6 is 0 Å². The smallest absolute Gasteiger partial charge is 0.341 e. The third kappa shape index (κ3) is 2.08. The molecular formula is C12H16O8. The molecule has 0 amide bonds. The van der Waals surface area contributed by atoms with Gasteiger partial charge >= 0.3 is 11.9 Å². The van der Waals surface area contributed by atoms with Gasteiger partial charge < -0.3 is 29.2 Å². The number of hydrogen-bond donors (Lipinski definition) is 2. The number of aliphatic hydroxyl groups excluding tert-OH is 2. The Hall–Kier alpha value is -1.22. The highest BCUT2D eigenvalue weighted by Gasteiger charge is 2.64. The van der Waals surface area contributed by atoms with Crippen molar-refractivity contribution in [2.24, 2.45) is 0 Å². The summed E-state index contributed by atoms with van der Waals surface area (Å²) in [6.07, 6.45) is -5.84. The summed E-state index contributed by atoms with van der Waals surface area (Å²) in [5, 5.41) is 19.8. The highest BCUT2D eigenvalue weighted by molar-refractivity contribution is 5.89. The van der Waals surface area contributed by atoms with E-state index in [0.29, 0.717) is 0 Å². The molecule has 2 aliphatic rings. The van der Waals surface area contributed by atoms with E-state index in [1.807, 2.05) is 0 Å². The van der Waals surface area contributed by atoms with Crippen LogP contribution < -0.4 is 0 Å². The molecule has 0 aromatic rings. The number of carbonyl (C=O) groups excluding carboxylic acids is 2. The predicted octanol–water partition coefficient (Wildman–Crippen LogP) is -1.94. The molecular weight excluding hydrogens is 272 g/mol. The van der Waals surface area contributed by atoms with Gasteiger partial charge in [0.05, 0.1) is 26.4 Å². The van der Waals surface area contributed by atoms with Gasteiger partial charge in [-0.1, -0.05) is 0 Å². The minimum absolute atomic E-state index is 0.175. The molecule has 0 saturated carbocycles. The molecule has 0 aromatic carbocycles. The van der Waals surface area contributed by atoms with Crippen LogP contribution in [0.1, 0.15) is 6.42 Å². The van der Waals surface area contributed by atoms with Crippen molar-refractivity contribution >= 4 is 11.9 Å². The zero-order chi connectivity index (χ0) is 15.1. The summed E-state index contributed by atoms with van der Waals surface area (Å²) >= 11 is 0. The minimum atomic E-state index is -1.97. The Labute approximate surface area is 115 Å². The number of methoxy groups -OCH3 is 2. The first kappa shape index (κ1) is 15.2. The molecule has 2 aliphatic heterocycles. The van der Waals surface area contributed by atoms with E-state index in [-0.39, 0.29) is 6.42 Å². The summed E-state index contributed by atoms with van der Waals surface area (Å²) in [7, 11) is 2.15. The molecule has 20 heavy (non-hydrogen) atoms. The lowest BCUT2D eigenvalue weighted by Crippen LogP contribution is -2.55. The standard InChI is InChI=1S/C12H16O8/c1-5-7(13)8-6(19-5)4-12(20-8,11(16)18-3)9(14)10(15)17-2/h1,5-9,13-14H,4H2,2-3H3/t5-,6+,7?,8-,9-,12?/m0/s1. The number of ether oxygens (including phenoxy) is 4. The van der Waals surface area contributed by atoms with Gasteiger partial charge in [-0.3, -0.25) is 0 Å². The minimum Gasteiger partial charge on any atom is -0.467 e. The van der Waals surface area contributed by atoms with Gasteiger partial charge in [0, 0.05) is 6.42 Å². The topological polar surface area (TPSA) is 112 Å². The van der Waals surface area contributed by atoms with Crippen LogP contribution in [-0.4, -0.2) is 72.5 Å². The molecule has 2 rings (SSSR count). The van der Waals surface area contributed by atoms with E-state index in [1.54, 1.807) is 0 Å². The van der Waals surface area contributed by atoms with Crippen molar-refractivity contribution in [3.05, 3.63) is 6.92 Å². The zero-order valence-electron chi connectivity index (χ0n) is 11.0. The Morgan fingerprint density at radius 1 is 1.40 bits per heavy atom. The molecule has 112 valence electrons. The fraction of sp³-hybridized carbons (Fsp3) is 0.750. The predicted molar refractivity (Wildman–Crippen MR) is 61.2 cm³/mol. The Morgan fingerprint density at radius 3 is 2.55 bits per heavy atom. The van der Waals surface area contributed by atoms with Crippen LogP contribution in [-0.2, 0) is 28.5 Å². The summed E-state index contributed by atoms with van der Waals surface area (Å²) in [4.78, 5) is 23.4. The van der Waals surface area contributed by atoms with Crippen molar-refractivity contribution in [3.63, 3.8) is 0 Å². The molecule has 2 saturated heterocycles. The Morgan fingerprint density at radius 2 is 2.05 bits per heavy atom. The van der Waals surface area contributed by atoms with Crippen molar-refractivity contribution in [2.75, 3.05) is 14.2 Å². The molecule has 2 fully saturated rings. The number of hydrogen-bond acceptors (Lipinski definition) is 8. The maximum absolute atomic E-state index is 11.9. The molecule has 0 aliphatic carbocycles. The first-order valence-corrected chi connectivity index (χ1v) is 5.98. The lowest BCUT2D eigenvalue weighted by Gasteiger charge is -2.30. The molecule has 6 atom stereocenters. The number of rotatable bonds is 3. The number of esters is 2. The maximum atomic E-state index is 11.9. The van der Waals surface area contributed by atoms with Crippen LogP contribution in [0, 0.1) is 6.92 Å². The average molecular weight is 288 g/mol. The summed E-state index contributed by atoms with van der Waals surface area (Å²) in [5.74, 6) is -2.00. The molecule has 2 radical (unpaired) electrons. The van der Waals surface area contributed by atoms with Crippen LogP contribution in [0.15, 0.2) is 0 Å². The van der Waals surface area contributed by atoms with E-state index in [0.717, 1.165) is 14.2 Å². The average Bonchev–Trinajstić information content (AvgIpc) is 2.94. The summed E-state index contributed by atoms with van der Waals surface area (Å²) in [6.45, 7) is 5.51. The second-order valence-corrected chi connectivity index (χ2v) is 4.72. The fourth-order valence-electron chi connectivity index (χ4n) is 2.56. The Kier molecular flexibility index (Phi) is 4.01. The first-order valence-electron chi connectivity index (χ1n) is 5.98. The summed E-state index contributed by atoms with van der Waals surface area (Å²) in [6, 6.07) is 0. The van der Waals surface area contributed by atoms with Gasteiger partial charge in [0.25, 0.3) is 0 Å². The second kappa shape index (κ2) is 5.28. The van der Waals surface area contributed by atoms with Gasteiger partial charge in [0.15, 0.2) is 6.10 Å². The first-order chi connectivity index (χ1) is 9.37. The van der Waals surface area contributed by atoms with Crippen molar-refractivity contribution in [3.8, 4) is 0 Å². The van der Waals surface area contributed by atoms with E-state index in [9.17, 15) is 19.8 Å². The van der Waals surface area contributed by atoms with E-state index in [4.69, 9.17) is 16.4 Å². The lowest BCUT2D eigenvalue weighted by molar-refractivity contribution is -0.198. The normalized spacial score (nSPS) is 41.0. The van der Waals surface area contributed by atoms with Gasteiger partial charge in [0.1, 0.15) is 12.2 Å². The highest BCUT2D eigenvalue weighted by Crippen LogP contribution is 2.42. The molecule has 8 nitrogen and oxygen atoms in total. The van der Waals surface area contributed by atoms with Crippen LogP contribution in [0.4, 0.5) is 0 Å². The van der Waals surface area contributed by atoms with Crippen LogP contribution in [0.3, 0.4) is 0 Å². The van der Waals surface area contributed by atoms with Gasteiger partial charge in [-0.25, -0.2) is 9.59 Å². The Balaban J connectivity index is 2.29. The van der Waals surface area contributed by atoms with Crippen LogP contribution in [0.25, 0.3) is 0 Å². The van der Waals surface area contributed by atoms with E-state index >= 15 is 0 Å². The van der Waals surface area contributed by atoms with E-state index in [2.05, 4.69) is 9.47 Å². The fourth-order valence-corrected chi connectivity index (χ4v) is 2.56. The molecule has 2 N–H and O–H groups in total. The third-order valence-corrected chi connectivity index (χ3v) is 3.62. The zero-order valence-corrected chi connectivity index (χ0v) is 11.0. The van der Waals surface area contributed by atoms with Crippen molar-refractivity contribution in [1.29, 1.82) is 0 Å². The number of aliphatic hydroxyl groups is 2. The summed E-state index contributed by atoms with van der Waals surface area (Å²) in [5.41, 5.74) is -1.97. The maximum Gasteiger partial charge on any atom is 0.341 e. The van der Waals surface area contributed by atoms with Crippen LogP contribution in [0.5, 0.6) is 0 Å². The third-order valence-electron chi connectivity index (χ3n) is 3.62. The Bertz CT molecular complexity index is 410. The quantitative estimate of drug-likeness (QED) is 0.577. The van der Waals surface area contributed by atoms with Gasteiger partial charge in [-0.2, -0.15) is 0 Å². The van der Waals surface area contributed by atoms with Crippen molar-refractivity contribution in [2.45, 2.75) is 42.5 Å². The van der Waals surface area contributed by atoms with Gasteiger partial charge in [0.2, 0.25) is 5.60 Å². The monoisotopic (exact) mass is 288 g/mol. The lowest BCUT2D eigenvalue weighted by atomic mass is 9.91. The molecule has 2 heterocycles. The van der Waals surface area contributed by atoms with Crippen molar-refractivity contribution < 1.29 is 38.7 Å². The van der Waals surface area contributed by atoms with E-state index < -0.39 is 48.1 Å². The number of carbonyl (C=O) groups is 2. The molecule has 0 aromatic heterocycles. The second-order valence-electron chi connectivity index (χ2n) is 4.72. The largest absolute Gasteiger partial charge is 0.467 e. The highest BCUT2D eigenvalue weighted by atomic mass is 16.6. The van der Waals surface area contributed by atoms with Gasteiger partial charge in [-0.15, -0.1) is 0 Å². The number of fused-ring (bicyclic) bond motifs is 1. The molecule has 0 bridgehead atoms. The molecule has 0 spiro atoms. The van der Waals surface area contributed by atoms with Crippen molar-refractivity contribution in [1.82, 2.24) is 0 Å².